The van der Waals surface area contributed by atoms with Gasteiger partial charge in [-0.2, -0.15) is 9.78 Å². The third kappa shape index (κ3) is 5.24. The molecule has 0 atom stereocenters. The highest BCUT2D eigenvalue weighted by atomic mass is 35.5. The largest absolute Gasteiger partial charge is 0.484 e. The van der Waals surface area contributed by atoms with Crippen molar-refractivity contribution in [3.05, 3.63) is 81.7 Å². The van der Waals surface area contributed by atoms with Crippen LogP contribution in [0.2, 0.25) is 5.02 Å². The lowest BCUT2D eigenvalue weighted by molar-refractivity contribution is -0.118. The van der Waals surface area contributed by atoms with Gasteiger partial charge < -0.3 is 14.8 Å². The predicted molar refractivity (Wildman–Crippen MR) is 111 cm³/mol. The van der Waals surface area contributed by atoms with Gasteiger partial charge in [-0.25, -0.2) is 4.79 Å². The number of halogens is 1. The minimum absolute atomic E-state index is 0.0599. The first-order chi connectivity index (χ1) is 14.5. The first kappa shape index (κ1) is 21.1. The number of benzene rings is 2. The second kappa shape index (κ2) is 9.71. The first-order valence-electron chi connectivity index (χ1n) is 9.03. The molecule has 1 N–H and O–H groups in total. The minimum atomic E-state index is -0.767. The van der Waals surface area contributed by atoms with Crippen LogP contribution in [0.5, 0.6) is 5.75 Å². The SMILES string of the molecule is CCOC(=O)c1nn(-c2ccccc2)c(=O)cc1NC(=O)COc1ccc(Cl)cc1. The van der Waals surface area contributed by atoms with Gasteiger partial charge in [0.05, 0.1) is 18.0 Å². The molecular weight excluding hydrogens is 410 g/mol. The summed E-state index contributed by atoms with van der Waals surface area (Å²) in [6.07, 6.45) is 0. The maximum Gasteiger partial charge on any atom is 0.360 e. The molecule has 3 aromatic rings. The average molecular weight is 428 g/mol. The molecule has 2 aromatic carbocycles. The molecule has 0 radical (unpaired) electrons. The Balaban J connectivity index is 1.84. The number of aromatic nitrogens is 2. The maximum atomic E-state index is 12.5. The lowest BCUT2D eigenvalue weighted by Crippen LogP contribution is -2.28. The lowest BCUT2D eigenvalue weighted by atomic mass is 10.3. The van der Waals surface area contributed by atoms with Gasteiger partial charge >= 0.3 is 5.97 Å². The molecule has 0 unspecified atom stereocenters. The van der Waals surface area contributed by atoms with E-state index < -0.39 is 17.4 Å². The summed E-state index contributed by atoms with van der Waals surface area (Å²) in [5, 5.41) is 7.12. The molecule has 1 heterocycles. The van der Waals surface area contributed by atoms with Crippen LogP contribution in [-0.2, 0) is 9.53 Å². The number of carbonyl (C=O) groups excluding carboxylic acids is 2. The number of ether oxygens (including phenoxy) is 2. The van der Waals surface area contributed by atoms with Crippen molar-refractivity contribution in [2.75, 3.05) is 18.5 Å². The summed E-state index contributed by atoms with van der Waals surface area (Å²) in [6, 6.07) is 16.2. The van der Waals surface area contributed by atoms with Gasteiger partial charge in [0, 0.05) is 11.1 Å². The van der Waals surface area contributed by atoms with E-state index in [9.17, 15) is 14.4 Å². The van der Waals surface area contributed by atoms with Crippen molar-refractivity contribution in [2.24, 2.45) is 0 Å². The smallest absolute Gasteiger partial charge is 0.360 e. The summed E-state index contributed by atoms with van der Waals surface area (Å²) in [5.74, 6) is -0.900. The number of hydrogen-bond acceptors (Lipinski definition) is 6. The Bertz CT molecular complexity index is 1100. The highest BCUT2D eigenvalue weighted by Crippen LogP contribution is 2.16. The number of para-hydroxylation sites is 1. The van der Waals surface area contributed by atoms with Gasteiger partial charge in [0.2, 0.25) is 0 Å². The minimum Gasteiger partial charge on any atom is -0.484 e. The normalized spacial score (nSPS) is 10.3. The molecule has 0 saturated carbocycles. The zero-order valence-corrected chi connectivity index (χ0v) is 16.8. The molecule has 1 aromatic heterocycles. The second-order valence-corrected chi connectivity index (χ2v) is 6.44. The molecule has 154 valence electrons. The molecule has 0 bridgehead atoms. The van der Waals surface area contributed by atoms with Gasteiger partial charge in [-0.05, 0) is 43.3 Å². The Morgan fingerprint density at radius 3 is 2.47 bits per heavy atom. The average Bonchev–Trinajstić information content (AvgIpc) is 2.74. The van der Waals surface area contributed by atoms with Crippen LogP contribution in [0.25, 0.3) is 5.69 Å². The summed E-state index contributed by atoms with van der Waals surface area (Å²) >= 11 is 5.81. The van der Waals surface area contributed by atoms with Crippen molar-refractivity contribution in [1.29, 1.82) is 0 Å². The van der Waals surface area contributed by atoms with Crippen LogP contribution >= 0.6 is 11.6 Å². The van der Waals surface area contributed by atoms with E-state index in [-0.39, 0.29) is 24.6 Å². The lowest BCUT2D eigenvalue weighted by Gasteiger charge is -2.12. The molecule has 8 nitrogen and oxygen atoms in total. The van der Waals surface area contributed by atoms with Gasteiger partial charge in [-0.3, -0.25) is 9.59 Å². The summed E-state index contributed by atoms with van der Waals surface area (Å²) in [5.41, 5.74) is -0.310. The van der Waals surface area contributed by atoms with Crippen LogP contribution in [0, 0.1) is 0 Å². The third-order valence-corrected chi connectivity index (χ3v) is 4.11. The van der Waals surface area contributed by atoms with Gasteiger partial charge in [0.1, 0.15) is 5.75 Å². The molecule has 9 heteroatoms. The topological polar surface area (TPSA) is 99.5 Å². The zero-order chi connectivity index (χ0) is 21.5. The number of carbonyl (C=O) groups is 2. The van der Waals surface area contributed by atoms with Crippen LogP contribution in [-0.4, -0.2) is 34.9 Å². The van der Waals surface area contributed by atoms with Crippen molar-refractivity contribution < 1.29 is 19.1 Å². The molecule has 0 aliphatic rings. The Kier molecular flexibility index (Phi) is 6.82. The molecule has 1 amide bonds. The van der Waals surface area contributed by atoms with Gasteiger partial charge in [-0.15, -0.1) is 0 Å². The van der Waals surface area contributed by atoms with Gasteiger partial charge in [0.25, 0.3) is 11.5 Å². The Labute approximate surface area is 177 Å². The molecule has 0 aliphatic heterocycles. The maximum absolute atomic E-state index is 12.5. The van der Waals surface area contributed by atoms with E-state index >= 15 is 0 Å². The quantitative estimate of drug-likeness (QED) is 0.582. The number of hydrogen-bond donors (Lipinski definition) is 1. The molecule has 30 heavy (non-hydrogen) atoms. The fourth-order valence-electron chi connectivity index (χ4n) is 2.52. The highest BCUT2D eigenvalue weighted by Gasteiger charge is 2.20. The predicted octanol–water partition coefficient (Wildman–Crippen LogP) is 3.08. The van der Waals surface area contributed by atoms with Crippen LogP contribution in [0.1, 0.15) is 17.4 Å². The van der Waals surface area contributed by atoms with Gasteiger partial charge in [0.15, 0.2) is 12.3 Å². The van der Waals surface area contributed by atoms with Crippen LogP contribution in [0.3, 0.4) is 0 Å². The van der Waals surface area contributed by atoms with E-state index in [0.717, 1.165) is 10.7 Å². The molecule has 0 fully saturated rings. The van der Waals surface area contributed by atoms with Crippen LogP contribution in [0.15, 0.2) is 65.5 Å². The first-order valence-corrected chi connectivity index (χ1v) is 9.41. The number of esters is 1. The van der Waals surface area contributed by atoms with Crippen molar-refractivity contribution in [1.82, 2.24) is 9.78 Å². The fraction of sp³-hybridized carbons (Fsp3) is 0.143. The molecule has 3 rings (SSSR count). The summed E-state index contributed by atoms with van der Waals surface area (Å²) in [7, 11) is 0. The molecular formula is C21H18ClN3O5. The van der Waals surface area contributed by atoms with E-state index in [1.807, 2.05) is 0 Å². The second-order valence-electron chi connectivity index (χ2n) is 6.00. The van der Waals surface area contributed by atoms with Crippen molar-refractivity contribution >= 4 is 29.2 Å². The Hall–Kier alpha value is -3.65. The van der Waals surface area contributed by atoms with E-state index in [1.54, 1.807) is 61.5 Å². The number of anilines is 1. The van der Waals surface area contributed by atoms with E-state index in [2.05, 4.69) is 10.4 Å². The van der Waals surface area contributed by atoms with Crippen molar-refractivity contribution in [2.45, 2.75) is 6.92 Å². The number of rotatable bonds is 7. The van der Waals surface area contributed by atoms with Crippen molar-refractivity contribution in [3.63, 3.8) is 0 Å². The van der Waals surface area contributed by atoms with E-state index in [1.165, 1.54) is 0 Å². The van der Waals surface area contributed by atoms with Gasteiger partial charge in [-0.1, -0.05) is 29.8 Å². The standard InChI is InChI=1S/C21H18ClN3O5/c1-2-29-21(28)20-17(12-19(27)25(24-20)15-6-4-3-5-7-15)23-18(26)13-30-16-10-8-14(22)9-11-16/h3-12H,2,13H2,1H3,(H,23,26). The zero-order valence-electron chi connectivity index (χ0n) is 16.0. The number of nitrogens with one attached hydrogen (secondary N) is 1. The van der Waals surface area contributed by atoms with E-state index in [4.69, 9.17) is 21.1 Å². The Morgan fingerprint density at radius 1 is 1.10 bits per heavy atom. The summed E-state index contributed by atoms with van der Waals surface area (Å²) in [4.78, 5) is 37.2. The summed E-state index contributed by atoms with van der Waals surface area (Å²) < 4.78 is 11.4. The van der Waals surface area contributed by atoms with Crippen LogP contribution in [0.4, 0.5) is 5.69 Å². The van der Waals surface area contributed by atoms with Crippen molar-refractivity contribution in [3.8, 4) is 11.4 Å². The Morgan fingerprint density at radius 2 is 1.80 bits per heavy atom. The summed E-state index contributed by atoms with van der Waals surface area (Å²) in [6.45, 7) is 1.41. The van der Waals surface area contributed by atoms with Crippen LogP contribution < -0.4 is 15.6 Å². The monoisotopic (exact) mass is 427 g/mol. The molecule has 0 spiro atoms. The molecule has 0 aliphatic carbocycles. The number of amides is 1. The van der Waals surface area contributed by atoms with E-state index in [0.29, 0.717) is 16.5 Å². The molecule has 0 saturated heterocycles. The number of nitrogens with zero attached hydrogens (tertiary/aromatic N) is 2. The third-order valence-electron chi connectivity index (χ3n) is 3.86. The highest BCUT2D eigenvalue weighted by molar-refractivity contribution is 6.30. The fourth-order valence-corrected chi connectivity index (χ4v) is 2.65.